The lowest BCUT2D eigenvalue weighted by atomic mass is 9.96. The smallest absolute Gasteiger partial charge is 0.224 e. The minimum absolute atomic E-state index is 0.174. The molecule has 4 heteroatoms. The summed E-state index contributed by atoms with van der Waals surface area (Å²) in [6, 6.07) is 0. The van der Waals surface area contributed by atoms with Crippen LogP contribution in [0.4, 0.5) is 0 Å². The Kier molecular flexibility index (Phi) is 4.74. The maximum Gasteiger partial charge on any atom is 0.224 e. The molecule has 1 unspecified atom stereocenters. The maximum absolute atomic E-state index is 12.0. The van der Waals surface area contributed by atoms with E-state index in [1.54, 1.807) is 7.11 Å². The van der Waals surface area contributed by atoms with Gasteiger partial charge in [0.25, 0.3) is 0 Å². The molecule has 0 spiro atoms. The third kappa shape index (κ3) is 4.49. The molecule has 1 amide bonds. The Labute approximate surface area is 98.1 Å². The molecule has 0 bridgehead atoms. The molecule has 1 rings (SSSR count). The van der Waals surface area contributed by atoms with Crippen molar-refractivity contribution in [3.05, 3.63) is 0 Å². The molecule has 1 aliphatic rings. The average molecular weight is 228 g/mol. The summed E-state index contributed by atoms with van der Waals surface area (Å²) in [4.78, 5) is 13.9. The van der Waals surface area contributed by atoms with Gasteiger partial charge in [-0.1, -0.05) is 0 Å². The second kappa shape index (κ2) is 5.64. The van der Waals surface area contributed by atoms with Gasteiger partial charge in [-0.15, -0.1) is 0 Å². The minimum atomic E-state index is -0.411. The molecule has 94 valence electrons. The zero-order valence-electron chi connectivity index (χ0n) is 10.7. The summed E-state index contributed by atoms with van der Waals surface area (Å²) in [6.07, 6.45) is 2.65. The van der Waals surface area contributed by atoms with Crippen LogP contribution >= 0.6 is 0 Å². The van der Waals surface area contributed by atoms with Gasteiger partial charge in [-0.05, 0) is 32.6 Å². The van der Waals surface area contributed by atoms with Crippen LogP contribution in [-0.4, -0.2) is 43.2 Å². The Morgan fingerprint density at radius 2 is 2.25 bits per heavy atom. The van der Waals surface area contributed by atoms with Gasteiger partial charge < -0.3 is 15.4 Å². The van der Waals surface area contributed by atoms with Gasteiger partial charge in [0, 0.05) is 32.2 Å². The van der Waals surface area contributed by atoms with Gasteiger partial charge in [0.2, 0.25) is 5.91 Å². The Morgan fingerprint density at radius 1 is 1.56 bits per heavy atom. The zero-order chi connectivity index (χ0) is 12.2. The molecule has 0 saturated carbocycles. The topological polar surface area (TPSA) is 55.6 Å². The number of rotatable bonds is 4. The van der Waals surface area contributed by atoms with Crippen LogP contribution in [0.5, 0.6) is 0 Å². The van der Waals surface area contributed by atoms with Crippen molar-refractivity contribution in [2.24, 2.45) is 11.7 Å². The van der Waals surface area contributed by atoms with Crippen molar-refractivity contribution >= 4 is 5.91 Å². The zero-order valence-corrected chi connectivity index (χ0v) is 10.7. The molecule has 1 aliphatic heterocycles. The number of hydrogen-bond donors (Lipinski definition) is 1. The highest BCUT2D eigenvalue weighted by Crippen LogP contribution is 2.18. The summed E-state index contributed by atoms with van der Waals surface area (Å²) in [5, 5.41) is 0. The van der Waals surface area contributed by atoms with Crippen molar-refractivity contribution in [3.63, 3.8) is 0 Å². The van der Waals surface area contributed by atoms with Gasteiger partial charge in [0.15, 0.2) is 0 Å². The summed E-state index contributed by atoms with van der Waals surface area (Å²) in [6.45, 7) is 6.22. The van der Waals surface area contributed by atoms with Gasteiger partial charge in [0.1, 0.15) is 0 Å². The number of nitrogens with zero attached hydrogens (tertiary/aromatic N) is 1. The number of nitrogens with two attached hydrogens (primary N) is 1. The fourth-order valence-electron chi connectivity index (χ4n) is 2.16. The molecular weight excluding hydrogens is 204 g/mol. The molecule has 16 heavy (non-hydrogen) atoms. The van der Waals surface area contributed by atoms with E-state index in [1.807, 2.05) is 18.7 Å². The van der Waals surface area contributed by atoms with E-state index in [1.165, 1.54) is 0 Å². The van der Waals surface area contributed by atoms with Gasteiger partial charge in [-0.2, -0.15) is 0 Å². The summed E-state index contributed by atoms with van der Waals surface area (Å²) < 4.78 is 5.15. The molecule has 0 aromatic carbocycles. The molecule has 0 aromatic heterocycles. The van der Waals surface area contributed by atoms with Gasteiger partial charge in [0.05, 0.1) is 6.61 Å². The molecule has 1 fully saturated rings. The van der Waals surface area contributed by atoms with Crippen LogP contribution < -0.4 is 5.73 Å². The molecule has 0 aromatic rings. The predicted molar refractivity (Wildman–Crippen MR) is 64.1 cm³/mol. The Bertz CT molecular complexity index is 234. The molecule has 0 aliphatic carbocycles. The highest BCUT2D eigenvalue weighted by atomic mass is 16.5. The third-order valence-electron chi connectivity index (χ3n) is 2.88. The normalized spacial score (nSPS) is 22.2. The fourth-order valence-corrected chi connectivity index (χ4v) is 2.16. The van der Waals surface area contributed by atoms with Crippen molar-refractivity contribution in [2.75, 3.05) is 26.8 Å². The number of methoxy groups -OCH3 is 1. The van der Waals surface area contributed by atoms with Crippen molar-refractivity contribution in [1.29, 1.82) is 0 Å². The first-order chi connectivity index (χ1) is 7.42. The van der Waals surface area contributed by atoms with E-state index in [-0.39, 0.29) is 5.91 Å². The second-order valence-corrected chi connectivity index (χ2v) is 5.47. The van der Waals surface area contributed by atoms with E-state index in [2.05, 4.69) is 0 Å². The number of piperidine rings is 1. The van der Waals surface area contributed by atoms with Gasteiger partial charge in [-0.25, -0.2) is 0 Å². The first kappa shape index (κ1) is 13.5. The highest BCUT2D eigenvalue weighted by Gasteiger charge is 2.26. The van der Waals surface area contributed by atoms with E-state index in [0.29, 0.717) is 12.3 Å². The largest absolute Gasteiger partial charge is 0.384 e. The van der Waals surface area contributed by atoms with Crippen LogP contribution in [0.3, 0.4) is 0 Å². The third-order valence-corrected chi connectivity index (χ3v) is 2.88. The number of amides is 1. The monoisotopic (exact) mass is 228 g/mol. The lowest BCUT2D eigenvalue weighted by molar-refractivity contribution is -0.134. The van der Waals surface area contributed by atoms with Crippen LogP contribution in [0, 0.1) is 5.92 Å². The van der Waals surface area contributed by atoms with Crippen molar-refractivity contribution < 1.29 is 9.53 Å². The first-order valence-corrected chi connectivity index (χ1v) is 5.98. The van der Waals surface area contributed by atoms with Crippen LogP contribution in [0.25, 0.3) is 0 Å². The first-order valence-electron chi connectivity index (χ1n) is 5.98. The van der Waals surface area contributed by atoms with E-state index >= 15 is 0 Å². The second-order valence-electron chi connectivity index (χ2n) is 5.47. The number of carbonyl (C=O) groups excluding carboxylic acids is 1. The number of hydrogen-bond acceptors (Lipinski definition) is 3. The summed E-state index contributed by atoms with van der Waals surface area (Å²) in [5.74, 6) is 0.664. The summed E-state index contributed by atoms with van der Waals surface area (Å²) >= 11 is 0. The van der Waals surface area contributed by atoms with E-state index in [9.17, 15) is 4.79 Å². The molecule has 1 atom stereocenters. The number of carbonyl (C=O) groups is 1. The van der Waals surface area contributed by atoms with E-state index < -0.39 is 5.54 Å². The fraction of sp³-hybridized carbons (Fsp3) is 0.917. The lowest BCUT2D eigenvalue weighted by Crippen LogP contribution is -2.45. The number of likely N-dealkylation sites (tertiary alicyclic amines) is 1. The van der Waals surface area contributed by atoms with Crippen molar-refractivity contribution in [2.45, 2.75) is 38.6 Å². The molecular formula is C12H24N2O2. The predicted octanol–water partition coefficient (Wildman–Crippen LogP) is 0.999. The van der Waals surface area contributed by atoms with Crippen LogP contribution in [0.1, 0.15) is 33.1 Å². The SMILES string of the molecule is COCC1CCCN(C(=O)CC(C)(C)N)C1. The summed E-state index contributed by atoms with van der Waals surface area (Å²) in [7, 11) is 1.71. The van der Waals surface area contributed by atoms with Crippen LogP contribution in [0.15, 0.2) is 0 Å². The minimum Gasteiger partial charge on any atom is -0.384 e. The molecule has 2 N–H and O–H groups in total. The average Bonchev–Trinajstić information content (AvgIpc) is 2.16. The van der Waals surface area contributed by atoms with Crippen LogP contribution in [-0.2, 0) is 9.53 Å². The van der Waals surface area contributed by atoms with E-state index in [4.69, 9.17) is 10.5 Å². The highest BCUT2D eigenvalue weighted by molar-refractivity contribution is 5.77. The van der Waals surface area contributed by atoms with Crippen molar-refractivity contribution in [1.82, 2.24) is 4.90 Å². The molecule has 0 radical (unpaired) electrons. The maximum atomic E-state index is 12.0. The Morgan fingerprint density at radius 3 is 2.81 bits per heavy atom. The van der Waals surface area contributed by atoms with Gasteiger partial charge in [-0.3, -0.25) is 4.79 Å². The number of ether oxygens (including phenoxy) is 1. The molecule has 4 nitrogen and oxygen atoms in total. The standard InChI is InChI=1S/C12H24N2O2/c1-12(2,13)7-11(15)14-6-4-5-10(8-14)9-16-3/h10H,4-9,13H2,1-3H3. The molecule has 1 heterocycles. The quantitative estimate of drug-likeness (QED) is 0.781. The Balaban J connectivity index is 2.44. The summed E-state index contributed by atoms with van der Waals surface area (Å²) in [5.41, 5.74) is 5.45. The van der Waals surface area contributed by atoms with Crippen molar-refractivity contribution in [3.8, 4) is 0 Å². The van der Waals surface area contributed by atoms with Gasteiger partial charge >= 0.3 is 0 Å². The van der Waals surface area contributed by atoms with E-state index in [0.717, 1.165) is 32.5 Å². The lowest BCUT2D eigenvalue weighted by Gasteiger charge is -2.34. The Hall–Kier alpha value is -0.610. The van der Waals surface area contributed by atoms with Crippen LogP contribution in [0.2, 0.25) is 0 Å². The molecule has 1 saturated heterocycles.